The lowest BCUT2D eigenvalue weighted by molar-refractivity contribution is 0.434. The number of aryl methyl sites for hydroxylation is 2. The molecule has 2 aromatic carbocycles. The van der Waals surface area contributed by atoms with Crippen LogP contribution in [-0.4, -0.2) is 18.2 Å². The third-order valence-corrected chi connectivity index (χ3v) is 6.61. The molecular weight excluding hydrogens is 370 g/mol. The minimum atomic E-state index is -3.78. The van der Waals surface area contributed by atoms with Gasteiger partial charge in [-0.3, -0.25) is 4.68 Å². The molecule has 3 rings (SSSR count). The van der Waals surface area contributed by atoms with E-state index >= 15 is 0 Å². The van der Waals surface area contributed by atoms with Crippen LogP contribution in [0.1, 0.15) is 54.6 Å². The summed E-state index contributed by atoms with van der Waals surface area (Å²) in [4.78, 5) is 0. The Morgan fingerprint density at radius 1 is 0.964 bits per heavy atom. The van der Waals surface area contributed by atoms with Crippen LogP contribution in [0.5, 0.6) is 0 Å². The van der Waals surface area contributed by atoms with Gasteiger partial charge in [0.15, 0.2) is 5.03 Å². The van der Waals surface area contributed by atoms with Crippen molar-refractivity contribution in [2.45, 2.75) is 51.2 Å². The van der Waals surface area contributed by atoms with E-state index in [2.05, 4.69) is 9.82 Å². The fourth-order valence-corrected chi connectivity index (χ4v) is 4.75. The van der Waals surface area contributed by atoms with Gasteiger partial charge in [0.2, 0.25) is 0 Å². The largest absolute Gasteiger partial charge is 0.258 e. The maximum absolute atomic E-state index is 13.3. The van der Waals surface area contributed by atoms with Gasteiger partial charge in [-0.2, -0.15) is 9.82 Å². The van der Waals surface area contributed by atoms with Crippen molar-refractivity contribution in [3.63, 3.8) is 0 Å². The van der Waals surface area contributed by atoms with Crippen molar-refractivity contribution < 1.29 is 8.42 Å². The molecule has 1 atom stereocenters. The van der Waals surface area contributed by atoms with Gasteiger partial charge >= 0.3 is 0 Å². The van der Waals surface area contributed by atoms with Gasteiger partial charge in [0.25, 0.3) is 10.0 Å². The Kier molecular flexibility index (Phi) is 6.01. The zero-order chi connectivity index (χ0) is 20.3. The van der Waals surface area contributed by atoms with E-state index in [4.69, 9.17) is 0 Å². The van der Waals surface area contributed by atoms with E-state index in [9.17, 15) is 8.42 Å². The van der Waals surface area contributed by atoms with Crippen LogP contribution >= 0.6 is 0 Å². The highest BCUT2D eigenvalue weighted by atomic mass is 32.2. The molecule has 0 spiro atoms. The van der Waals surface area contributed by atoms with Crippen LogP contribution in [0.3, 0.4) is 0 Å². The summed E-state index contributed by atoms with van der Waals surface area (Å²) < 4.78 is 31.2. The molecule has 0 amide bonds. The third-order valence-electron chi connectivity index (χ3n) is 5.19. The Morgan fingerprint density at radius 2 is 1.50 bits per heavy atom. The highest BCUT2D eigenvalue weighted by Crippen LogP contribution is 2.29. The lowest BCUT2D eigenvalue weighted by atomic mass is 9.93. The van der Waals surface area contributed by atoms with Crippen LogP contribution in [0, 0.1) is 13.8 Å². The van der Waals surface area contributed by atoms with Crippen molar-refractivity contribution in [1.82, 2.24) is 14.5 Å². The first-order valence-corrected chi connectivity index (χ1v) is 11.0. The minimum Gasteiger partial charge on any atom is -0.250 e. The van der Waals surface area contributed by atoms with Crippen LogP contribution in [0.25, 0.3) is 0 Å². The van der Waals surface area contributed by atoms with Crippen molar-refractivity contribution in [2.75, 3.05) is 0 Å². The summed E-state index contributed by atoms with van der Waals surface area (Å²) >= 11 is 0. The predicted molar refractivity (Wildman–Crippen MR) is 112 cm³/mol. The molecule has 0 saturated carbocycles. The fourth-order valence-electron chi connectivity index (χ4n) is 3.35. The number of benzene rings is 2. The second-order valence-electron chi connectivity index (χ2n) is 7.14. The monoisotopic (exact) mass is 397 g/mol. The first kappa shape index (κ1) is 20.3. The van der Waals surface area contributed by atoms with Crippen LogP contribution in [0.4, 0.5) is 0 Å². The molecular formula is C22H27N3O2S. The second-order valence-corrected chi connectivity index (χ2v) is 8.80. The Morgan fingerprint density at radius 3 is 2.00 bits per heavy atom. The van der Waals surface area contributed by atoms with Crippen molar-refractivity contribution in [3.05, 3.63) is 83.0 Å². The molecule has 148 valence electrons. The molecule has 0 aliphatic heterocycles. The van der Waals surface area contributed by atoms with E-state index < -0.39 is 16.1 Å². The SMILES string of the molecule is CCC(C)n1nccc1S(=O)(=O)NC(c1ccccc1C)c1ccccc1C. The Labute approximate surface area is 167 Å². The zero-order valence-corrected chi connectivity index (χ0v) is 17.6. The Hall–Kier alpha value is -2.44. The number of rotatable bonds is 7. The number of nitrogens with one attached hydrogen (secondary N) is 1. The Balaban J connectivity index is 2.09. The summed E-state index contributed by atoms with van der Waals surface area (Å²) in [6, 6.07) is 16.8. The van der Waals surface area contributed by atoms with Gasteiger partial charge in [-0.25, -0.2) is 8.42 Å². The van der Waals surface area contributed by atoms with Crippen molar-refractivity contribution >= 4 is 10.0 Å². The number of hydrogen-bond donors (Lipinski definition) is 1. The van der Waals surface area contributed by atoms with Crippen molar-refractivity contribution in [1.29, 1.82) is 0 Å². The molecule has 28 heavy (non-hydrogen) atoms. The summed E-state index contributed by atoms with van der Waals surface area (Å²) in [6.45, 7) is 7.97. The molecule has 3 aromatic rings. The minimum absolute atomic E-state index is 0.00283. The molecule has 0 saturated heterocycles. The fraction of sp³-hybridized carbons (Fsp3) is 0.318. The van der Waals surface area contributed by atoms with Crippen LogP contribution in [0.15, 0.2) is 65.8 Å². The van der Waals surface area contributed by atoms with E-state index in [1.807, 2.05) is 76.2 Å². The number of nitrogens with zero attached hydrogens (tertiary/aromatic N) is 2. The molecule has 1 unspecified atom stereocenters. The predicted octanol–water partition coefficient (Wildman–Crippen LogP) is 4.54. The smallest absolute Gasteiger partial charge is 0.250 e. The molecule has 0 aliphatic rings. The van der Waals surface area contributed by atoms with Gasteiger partial charge in [-0.05, 0) is 55.5 Å². The summed E-state index contributed by atoms with van der Waals surface area (Å²) in [5, 5.41) is 4.43. The maximum atomic E-state index is 13.3. The molecule has 1 N–H and O–H groups in total. The summed E-state index contributed by atoms with van der Waals surface area (Å²) in [6.07, 6.45) is 2.33. The van der Waals surface area contributed by atoms with Gasteiger partial charge < -0.3 is 0 Å². The summed E-state index contributed by atoms with van der Waals surface area (Å²) in [5.41, 5.74) is 3.95. The van der Waals surface area contributed by atoms with Crippen LogP contribution in [0.2, 0.25) is 0 Å². The average molecular weight is 398 g/mol. The van der Waals surface area contributed by atoms with E-state index in [0.29, 0.717) is 0 Å². The zero-order valence-electron chi connectivity index (χ0n) is 16.8. The summed E-state index contributed by atoms with van der Waals surface area (Å²) in [5.74, 6) is 0. The molecule has 1 aromatic heterocycles. The molecule has 6 heteroatoms. The van der Waals surface area contributed by atoms with Gasteiger partial charge in [-0.15, -0.1) is 0 Å². The van der Waals surface area contributed by atoms with Gasteiger partial charge in [0.05, 0.1) is 18.3 Å². The maximum Gasteiger partial charge on any atom is 0.258 e. The highest BCUT2D eigenvalue weighted by Gasteiger charge is 2.28. The number of hydrogen-bond acceptors (Lipinski definition) is 3. The molecule has 0 bridgehead atoms. The number of aromatic nitrogens is 2. The van der Waals surface area contributed by atoms with Crippen molar-refractivity contribution in [2.24, 2.45) is 0 Å². The topological polar surface area (TPSA) is 64.0 Å². The second kappa shape index (κ2) is 8.29. The molecule has 0 radical (unpaired) electrons. The van der Waals surface area contributed by atoms with E-state index in [1.165, 1.54) is 6.20 Å². The van der Waals surface area contributed by atoms with Gasteiger partial charge in [0.1, 0.15) is 0 Å². The first-order valence-electron chi connectivity index (χ1n) is 9.52. The lowest BCUT2D eigenvalue weighted by Crippen LogP contribution is -2.32. The van der Waals surface area contributed by atoms with E-state index in [1.54, 1.807) is 10.7 Å². The van der Waals surface area contributed by atoms with Gasteiger partial charge in [0, 0.05) is 0 Å². The van der Waals surface area contributed by atoms with Crippen LogP contribution < -0.4 is 4.72 Å². The van der Waals surface area contributed by atoms with Crippen LogP contribution in [-0.2, 0) is 10.0 Å². The van der Waals surface area contributed by atoms with E-state index in [0.717, 1.165) is 28.7 Å². The molecule has 5 nitrogen and oxygen atoms in total. The van der Waals surface area contributed by atoms with E-state index in [-0.39, 0.29) is 11.1 Å². The molecule has 0 fully saturated rings. The standard InChI is InChI=1S/C22H27N3O2S/c1-5-18(4)25-21(14-15-23-25)28(26,27)24-22(19-12-8-6-10-16(19)2)20-13-9-7-11-17(20)3/h6-15,18,22,24H,5H2,1-4H3. The molecule has 0 aliphatic carbocycles. The van der Waals surface area contributed by atoms with Gasteiger partial charge in [-0.1, -0.05) is 55.5 Å². The quantitative estimate of drug-likeness (QED) is 0.637. The normalized spacial score (nSPS) is 13.0. The third kappa shape index (κ3) is 4.03. The lowest BCUT2D eigenvalue weighted by Gasteiger charge is -2.24. The Bertz CT molecular complexity index is 1010. The highest BCUT2D eigenvalue weighted by molar-refractivity contribution is 7.89. The average Bonchev–Trinajstić information content (AvgIpc) is 3.18. The molecule has 1 heterocycles. The van der Waals surface area contributed by atoms with Crippen molar-refractivity contribution in [3.8, 4) is 0 Å². The summed E-state index contributed by atoms with van der Waals surface area (Å²) in [7, 11) is -3.78. The first-order chi connectivity index (χ1) is 13.3. The number of sulfonamides is 1.